The molecule has 0 amide bonds. The van der Waals surface area contributed by atoms with E-state index in [9.17, 15) is 0 Å². The molecule has 102 valence electrons. The lowest BCUT2D eigenvalue weighted by atomic mass is 9.98. The number of rotatable bonds is 1. The molecular formula is C15H15ClN4. The van der Waals surface area contributed by atoms with Crippen LogP contribution in [-0.4, -0.2) is 28.0 Å². The highest BCUT2D eigenvalue weighted by molar-refractivity contribution is 6.35. The molecule has 20 heavy (non-hydrogen) atoms. The highest BCUT2D eigenvalue weighted by Crippen LogP contribution is 2.31. The van der Waals surface area contributed by atoms with Crippen LogP contribution in [0.1, 0.15) is 24.6 Å². The Balaban J connectivity index is 1.93. The summed E-state index contributed by atoms with van der Waals surface area (Å²) in [6.45, 7) is 2.10. The number of nitrogens with one attached hydrogen (secondary N) is 2. The number of aromatic nitrogens is 3. The number of pyridine rings is 1. The third kappa shape index (κ3) is 1.87. The molecule has 5 heteroatoms. The second-order valence-electron chi connectivity index (χ2n) is 5.29. The average molecular weight is 287 g/mol. The minimum Gasteiger partial charge on any atom is -0.339 e. The topological polar surface area (TPSA) is 53.6 Å². The Bertz CT molecular complexity index is 774. The van der Waals surface area contributed by atoms with Crippen molar-refractivity contribution in [1.29, 1.82) is 0 Å². The first-order chi connectivity index (χ1) is 9.83. The van der Waals surface area contributed by atoms with Crippen LogP contribution in [0.2, 0.25) is 5.15 Å². The Morgan fingerprint density at radius 2 is 1.90 bits per heavy atom. The molecule has 3 heterocycles. The Morgan fingerprint density at radius 3 is 2.75 bits per heavy atom. The lowest BCUT2D eigenvalue weighted by molar-refractivity contribution is 0.448. The highest BCUT2D eigenvalue weighted by atomic mass is 35.5. The van der Waals surface area contributed by atoms with Crippen LogP contribution in [0, 0.1) is 0 Å². The molecular weight excluding hydrogens is 272 g/mol. The van der Waals surface area contributed by atoms with Gasteiger partial charge in [-0.3, -0.25) is 0 Å². The van der Waals surface area contributed by atoms with Gasteiger partial charge in [-0.15, -0.1) is 0 Å². The molecule has 0 radical (unpaired) electrons. The van der Waals surface area contributed by atoms with Crippen molar-refractivity contribution in [2.24, 2.45) is 0 Å². The summed E-state index contributed by atoms with van der Waals surface area (Å²) in [7, 11) is 0. The van der Waals surface area contributed by atoms with E-state index < -0.39 is 0 Å². The predicted molar refractivity (Wildman–Crippen MR) is 81.2 cm³/mol. The molecule has 0 atom stereocenters. The van der Waals surface area contributed by atoms with Gasteiger partial charge in [-0.2, -0.15) is 0 Å². The second-order valence-corrected chi connectivity index (χ2v) is 5.65. The van der Waals surface area contributed by atoms with E-state index in [2.05, 4.69) is 15.3 Å². The first-order valence-corrected chi connectivity index (χ1v) is 7.35. The van der Waals surface area contributed by atoms with E-state index in [0.717, 1.165) is 53.7 Å². The van der Waals surface area contributed by atoms with Crippen molar-refractivity contribution in [1.82, 2.24) is 20.3 Å². The number of hydrogen-bond acceptors (Lipinski definition) is 3. The zero-order valence-corrected chi connectivity index (χ0v) is 11.7. The molecule has 1 saturated heterocycles. The zero-order chi connectivity index (χ0) is 13.5. The van der Waals surface area contributed by atoms with Crippen LogP contribution in [0.3, 0.4) is 0 Å². The highest BCUT2D eigenvalue weighted by Gasteiger charge is 2.20. The minimum atomic E-state index is 0.485. The van der Waals surface area contributed by atoms with Crippen molar-refractivity contribution < 1.29 is 0 Å². The normalized spacial score (nSPS) is 17.1. The quantitative estimate of drug-likeness (QED) is 0.675. The fourth-order valence-electron chi connectivity index (χ4n) is 2.96. The molecule has 1 aromatic carbocycles. The Hall–Kier alpha value is -1.65. The van der Waals surface area contributed by atoms with Crippen molar-refractivity contribution >= 4 is 33.5 Å². The van der Waals surface area contributed by atoms with Crippen LogP contribution in [-0.2, 0) is 0 Å². The van der Waals surface area contributed by atoms with Gasteiger partial charge in [-0.05, 0) is 32.0 Å². The molecule has 0 saturated carbocycles. The molecule has 1 fully saturated rings. The van der Waals surface area contributed by atoms with Gasteiger partial charge in [-0.1, -0.05) is 29.8 Å². The van der Waals surface area contributed by atoms with E-state index in [1.165, 1.54) is 0 Å². The summed E-state index contributed by atoms with van der Waals surface area (Å²) in [5.41, 5.74) is 2.70. The summed E-state index contributed by atoms with van der Waals surface area (Å²) in [4.78, 5) is 12.7. The molecule has 0 spiro atoms. The molecule has 1 aliphatic heterocycles. The molecule has 3 aromatic rings. The van der Waals surface area contributed by atoms with E-state index in [4.69, 9.17) is 16.6 Å². The number of benzene rings is 1. The van der Waals surface area contributed by atoms with Crippen molar-refractivity contribution in [3.8, 4) is 0 Å². The van der Waals surface area contributed by atoms with Crippen LogP contribution >= 0.6 is 11.6 Å². The van der Waals surface area contributed by atoms with Gasteiger partial charge in [-0.25, -0.2) is 9.97 Å². The fraction of sp³-hybridized carbons (Fsp3) is 0.333. The van der Waals surface area contributed by atoms with Crippen molar-refractivity contribution in [3.63, 3.8) is 0 Å². The SMILES string of the molecule is Clc1nc2ccccc2c2nc(C3CCNCC3)[nH]c12. The predicted octanol–water partition coefficient (Wildman–Crippen LogP) is 3.23. The van der Waals surface area contributed by atoms with Crippen LogP contribution in [0.5, 0.6) is 0 Å². The number of hydrogen-bond donors (Lipinski definition) is 2. The number of halogens is 1. The smallest absolute Gasteiger partial charge is 0.155 e. The lowest BCUT2D eigenvalue weighted by Gasteiger charge is -2.20. The molecule has 4 nitrogen and oxygen atoms in total. The Kier molecular flexibility index (Phi) is 2.86. The fourth-order valence-corrected chi connectivity index (χ4v) is 3.19. The third-order valence-corrected chi connectivity index (χ3v) is 4.31. The number of piperidine rings is 1. The maximum atomic E-state index is 6.29. The van der Waals surface area contributed by atoms with E-state index in [-0.39, 0.29) is 0 Å². The van der Waals surface area contributed by atoms with Crippen molar-refractivity contribution in [2.75, 3.05) is 13.1 Å². The van der Waals surface area contributed by atoms with Crippen LogP contribution in [0.15, 0.2) is 24.3 Å². The second kappa shape index (κ2) is 4.72. The summed E-state index contributed by atoms with van der Waals surface area (Å²) < 4.78 is 0. The molecule has 0 bridgehead atoms. The summed E-state index contributed by atoms with van der Waals surface area (Å²) in [5, 5.41) is 4.94. The summed E-state index contributed by atoms with van der Waals surface area (Å²) in [5.74, 6) is 1.53. The Morgan fingerprint density at radius 1 is 1.10 bits per heavy atom. The molecule has 0 unspecified atom stereocenters. The van der Waals surface area contributed by atoms with Gasteiger partial charge in [0.2, 0.25) is 0 Å². The molecule has 2 N–H and O–H groups in total. The third-order valence-electron chi connectivity index (χ3n) is 4.03. The van der Waals surface area contributed by atoms with Crippen LogP contribution in [0.25, 0.3) is 21.9 Å². The van der Waals surface area contributed by atoms with Gasteiger partial charge in [0.25, 0.3) is 0 Å². The molecule has 1 aliphatic rings. The summed E-state index contributed by atoms with van der Waals surface area (Å²) in [6.07, 6.45) is 2.23. The standard InChI is InChI=1S/C15H15ClN4/c16-14-13-12(10-3-1-2-4-11(10)18-14)19-15(20-13)9-5-7-17-8-6-9/h1-4,9,17H,5-8H2,(H,19,20). The number of fused-ring (bicyclic) bond motifs is 3. The van der Waals surface area contributed by atoms with Gasteiger partial charge < -0.3 is 10.3 Å². The van der Waals surface area contributed by atoms with Gasteiger partial charge in [0.05, 0.1) is 5.52 Å². The maximum Gasteiger partial charge on any atom is 0.155 e. The van der Waals surface area contributed by atoms with E-state index in [1.807, 2.05) is 24.3 Å². The van der Waals surface area contributed by atoms with Crippen LogP contribution in [0.4, 0.5) is 0 Å². The maximum absolute atomic E-state index is 6.29. The van der Waals surface area contributed by atoms with Gasteiger partial charge in [0.15, 0.2) is 5.15 Å². The van der Waals surface area contributed by atoms with Crippen molar-refractivity contribution in [3.05, 3.63) is 35.2 Å². The minimum absolute atomic E-state index is 0.485. The lowest BCUT2D eigenvalue weighted by Crippen LogP contribution is -2.27. The summed E-state index contributed by atoms with van der Waals surface area (Å²) in [6, 6.07) is 8.00. The molecule has 2 aromatic heterocycles. The van der Waals surface area contributed by atoms with Gasteiger partial charge in [0, 0.05) is 11.3 Å². The van der Waals surface area contributed by atoms with Gasteiger partial charge in [0.1, 0.15) is 16.9 Å². The number of imidazole rings is 1. The number of para-hydroxylation sites is 1. The van der Waals surface area contributed by atoms with E-state index in [0.29, 0.717) is 11.1 Å². The van der Waals surface area contributed by atoms with E-state index >= 15 is 0 Å². The molecule has 0 aliphatic carbocycles. The number of aromatic amines is 1. The van der Waals surface area contributed by atoms with Gasteiger partial charge >= 0.3 is 0 Å². The average Bonchev–Trinajstić information content (AvgIpc) is 2.94. The number of H-pyrrole nitrogens is 1. The monoisotopic (exact) mass is 286 g/mol. The largest absolute Gasteiger partial charge is 0.339 e. The number of nitrogens with zero attached hydrogens (tertiary/aromatic N) is 2. The van der Waals surface area contributed by atoms with E-state index in [1.54, 1.807) is 0 Å². The molecule has 4 rings (SSSR count). The van der Waals surface area contributed by atoms with Crippen LogP contribution < -0.4 is 5.32 Å². The summed E-state index contributed by atoms with van der Waals surface area (Å²) >= 11 is 6.29. The van der Waals surface area contributed by atoms with Crippen molar-refractivity contribution in [2.45, 2.75) is 18.8 Å². The first-order valence-electron chi connectivity index (χ1n) is 6.97. The first kappa shape index (κ1) is 12.1. The zero-order valence-electron chi connectivity index (χ0n) is 11.0. The Labute approximate surface area is 121 Å².